The van der Waals surface area contributed by atoms with Gasteiger partial charge in [0, 0.05) is 12.4 Å². The molecule has 66 valence electrons. The van der Waals surface area contributed by atoms with E-state index in [1.807, 2.05) is 0 Å². The van der Waals surface area contributed by atoms with Crippen molar-refractivity contribution < 1.29 is 5.11 Å². The lowest BCUT2D eigenvalue weighted by Crippen LogP contribution is -2.38. The fourth-order valence-corrected chi connectivity index (χ4v) is 1.64. The number of hydrogen-bond acceptors (Lipinski definition) is 2. The third kappa shape index (κ3) is 3.41. The fourth-order valence-electron chi connectivity index (χ4n) is 1.52. The molecule has 1 N–H and O–H groups in total. The number of piperidine rings is 1. The molecule has 1 heterocycles. The van der Waals surface area contributed by atoms with E-state index in [1.54, 1.807) is 0 Å². The normalized spacial score (nSPS) is 27.3. The molecule has 1 rings (SSSR count). The highest BCUT2D eigenvalue weighted by atomic mass is 35.5. The first-order chi connectivity index (χ1) is 5.33. The maximum atomic E-state index is 9.30. The van der Waals surface area contributed by atoms with E-state index < -0.39 is 0 Å². The summed E-state index contributed by atoms with van der Waals surface area (Å²) >= 11 is 5.57. The lowest BCUT2D eigenvalue weighted by molar-refractivity contribution is 0.0710. The molecule has 1 aliphatic heterocycles. The summed E-state index contributed by atoms with van der Waals surface area (Å²) in [6.07, 6.45) is 3.04. The quantitative estimate of drug-likeness (QED) is 0.653. The van der Waals surface area contributed by atoms with Gasteiger partial charge in [0.25, 0.3) is 0 Å². The number of rotatable bonds is 3. The van der Waals surface area contributed by atoms with Crippen LogP contribution in [0.5, 0.6) is 0 Å². The molecule has 0 amide bonds. The molecule has 3 heteroatoms. The first kappa shape index (κ1) is 9.30. The van der Waals surface area contributed by atoms with Crippen LogP contribution >= 0.6 is 11.6 Å². The van der Waals surface area contributed by atoms with Crippen LogP contribution in [-0.4, -0.2) is 41.6 Å². The minimum absolute atomic E-state index is 0.0981. The molecule has 2 nitrogen and oxygen atoms in total. The highest BCUT2D eigenvalue weighted by Crippen LogP contribution is 2.09. The molecule has 0 spiro atoms. The molecule has 1 aliphatic rings. The first-order valence-corrected chi connectivity index (χ1v) is 4.83. The second-order valence-corrected chi connectivity index (χ2v) is 3.52. The Morgan fingerprint density at radius 1 is 1.55 bits per heavy atom. The second kappa shape index (κ2) is 4.96. The van der Waals surface area contributed by atoms with E-state index >= 15 is 0 Å². The molecule has 0 unspecified atom stereocenters. The molecule has 0 aromatic heterocycles. The van der Waals surface area contributed by atoms with E-state index in [4.69, 9.17) is 11.6 Å². The van der Waals surface area contributed by atoms with Crippen molar-refractivity contribution in [2.45, 2.75) is 25.4 Å². The Kier molecular flexibility index (Phi) is 4.20. The standard InChI is InChI=1S/C8H16ClNO/c9-4-2-6-10-5-1-3-8(11)7-10/h8,11H,1-7H2/t8-/m0/s1. The molecule has 1 saturated heterocycles. The van der Waals surface area contributed by atoms with Crippen molar-refractivity contribution in [3.63, 3.8) is 0 Å². The Morgan fingerprint density at radius 3 is 3.00 bits per heavy atom. The zero-order valence-corrected chi connectivity index (χ0v) is 7.56. The number of halogens is 1. The predicted molar refractivity (Wildman–Crippen MR) is 47.0 cm³/mol. The third-order valence-corrected chi connectivity index (χ3v) is 2.36. The first-order valence-electron chi connectivity index (χ1n) is 4.29. The van der Waals surface area contributed by atoms with Gasteiger partial charge in [-0.05, 0) is 32.4 Å². The van der Waals surface area contributed by atoms with Gasteiger partial charge in [-0.1, -0.05) is 0 Å². The van der Waals surface area contributed by atoms with Crippen LogP contribution in [0.3, 0.4) is 0 Å². The van der Waals surface area contributed by atoms with Gasteiger partial charge < -0.3 is 10.0 Å². The van der Waals surface area contributed by atoms with Gasteiger partial charge in [-0.2, -0.15) is 0 Å². The van der Waals surface area contributed by atoms with Crippen molar-refractivity contribution >= 4 is 11.6 Å². The van der Waals surface area contributed by atoms with Crippen LogP contribution in [-0.2, 0) is 0 Å². The van der Waals surface area contributed by atoms with Gasteiger partial charge >= 0.3 is 0 Å². The topological polar surface area (TPSA) is 23.5 Å². The summed E-state index contributed by atoms with van der Waals surface area (Å²) < 4.78 is 0. The molecule has 11 heavy (non-hydrogen) atoms. The maximum absolute atomic E-state index is 9.30. The van der Waals surface area contributed by atoms with Crippen LogP contribution in [0, 0.1) is 0 Å². The molecule has 0 saturated carbocycles. The zero-order chi connectivity index (χ0) is 8.10. The molecule has 0 aliphatic carbocycles. The molecule has 0 aromatic carbocycles. The molecular weight excluding hydrogens is 162 g/mol. The number of alkyl halides is 1. The van der Waals surface area contributed by atoms with Crippen molar-refractivity contribution in [2.75, 3.05) is 25.5 Å². The van der Waals surface area contributed by atoms with E-state index in [9.17, 15) is 5.11 Å². The van der Waals surface area contributed by atoms with E-state index in [0.717, 1.165) is 44.8 Å². The monoisotopic (exact) mass is 177 g/mol. The summed E-state index contributed by atoms with van der Waals surface area (Å²) in [5, 5.41) is 9.30. The van der Waals surface area contributed by atoms with Crippen molar-refractivity contribution in [2.24, 2.45) is 0 Å². The van der Waals surface area contributed by atoms with Gasteiger partial charge in [0.2, 0.25) is 0 Å². The second-order valence-electron chi connectivity index (χ2n) is 3.14. The summed E-state index contributed by atoms with van der Waals surface area (Å²) in [5.41, 5.74) is 0. The Labute approximate surface area is 73.1 Å². The average molecular weight is 178 g/mol. The van der Waals surface area contributed by atoms with Crippen LogP contribution < -0.4 is 0 Å². The summed E-state index contributed by atoms with van der Waals surface area (Å²) in [7, 11) is 0. The Balaban J connectivity index is 2.12. The fraction of sp³-hybridized carbons (Fsp3) is 1.00. The highest BCUT2D eigenvalue weighted by molar-refractivity contribution is 6.17. The molecular formula is C8H16ClNO. The van der Waals surface area contributed by atoms with Gasteiger partial charge in [0.15, 0.2) is 0 Å². The Morgan fingerprint density at radius 2 is 2.36 bits per heavy atom. The van der Waals surface area contributed by atoms with E-state index in [1.165, 1.54) is 0 Å². The zero-order valence-electron chi connectivity index (χ0n) is 6.80. The SMILES string of the molecule is O[C@H]1CCCN(CCCCl)C1. The molecule has 0 bridgehead atoms. The van der Waals surface area contributed by atoms with E-state index in [-0.39, 0.29) is 6.10 Å². The molecule has 1 fully saturated rings. The smallest absolute Gasteiger partial charge is 0.0667 e. The highest BCUT2D eigenvalue weighted by Gasteiger charge is 2.16. The van der Waals surface area contributed by atoms with E-state index in [2.05, 4.69) is 4.90 Å². The summed E-state index contributed by atoms with van der Waals surface area (Å²) in [4.78, 5) is 2.29. The summed E-state index contributed by atoms with van der Waals surface area (Å²) in [6, 6.07) is 0. The van der Waals surface area contributed by atoms with Crippen molar-refractivity contribution in [1.29, 1.82) is 0 Å². The van der Waals surface area contributed by atoms with Crippen LogP contribution in [0.2, 0.25) is 0 Å². The van der Waals surface area contributed by atoms with Gasteiger partial charge in [-0.3, -0.25) is 0 Å². The summed E-state index contributed by atoms with van der Waals surface area (Å²) in [6.45, 7) is 3.02. The van der Waals surface area contributed by atoms with Gasteiger partial charge in [0.1, 0.15) is 0 Å². The summed E-state index contributed by atoms with van der Waals surface area (Å²) in [5.74, 6) is 0.729. The number of aliphatic hydroxyl groups excluding tert-OH is 1. The van der Waals surface area contributed by atoms with Crippen LogP contribution in [0.4, 0.5) is 0 Å². The number of hydrogen-bond donors (Lipinski definition) is 1. The van der Waals surface area contributed by atoms with Gasteiger partial charge in [-0.25, -0.2) is 0 Å². The molecule has 1 atom stereocenters. The maximum Gasteiger partial charge on any atom is 0.0667 e. The van der Waals surface area contributed by atoms with Crippen LogP contribution in [0.1, 0.15) is 19.3 Å². The number of β-amino-alcohol motifs (C(OH)–C–C–N with tert-alkyl or cyclic N) is 1. The third-order valence-electron chi connectivity index (χ3n) is 2.09. The number of likely N-dealkylation sites (tertiary alicyclic amines) is 1. The minimum Gasteiger partial charge on any atom is -0.392 e. The van der Waals surface area contributed by atoms with Gasteiger partial charge in [0.05, 0.1) is 6.10 Å². The minimum atomic E-state index is -0.0981. The molecule has 0 radical (unpaired) electrons. The van der Waals surface area contributed by atoms with Crippen molar-refractivity contribution in [3.8, 4) is 0 Å². The number of aliphatic hydroxyl groups is 1. The van der Waals surface area contributed by atoms with Gasteiger partial charge in [-0.15, -0.1) is 11.6 Å². The van der Waals surface area contributed by atoms with Crippen LogP contribution in [0.15, 0.2) is 0 Å². The Hall–Kier alpha value is 0.210. The average Bonchev–Trinajstić information content (AvgIpc) is 2.01. The predicted octanol–water partition coefficient (Wildman–Crippen LogP) is 1.07. The lowest BCUT2D eigenvalue weighted by atomic mass is 10.1. The van der Waals surface area contributed by atoms with Crippen molar-refractivity contribution in [1.82, 2.24) is 4.90 Å². The Bertz CT molecular complexity index is 110. The lowest BCUT2D eigenvalue weighted by Gasteiger charge is -2.29. The molecule has 0 aromatic rings. The van der Waals surface area contributed by atoms with Crippen molar-refractivity contribution in [3.05, 3.63) is 0 Å². The number of nitrogens with zero attached hydrogens (tertiary/aromatic N) is 1. The van der Waals surface area contributed by atoms with E-state index in [0.29, 0.717) is 0 Å². The largest absolute Gasteiger partial charge is 0.392 e. The van der Waals surface area contributed by atoms with Crippen LogP contribution in [0.25, 0.3) is 0 Å².